The quantitative estimate of drug-likeness (QED) is 0.805. The zero-order valence-electron chi connectivity index (χ0n) is 11.6. The molecule has 0 aliphatic heterocycles. The highest BCUT2D eigenvalue weighted by atomic mass is 35.5. The fourth-order valence-corrected chi connectivity index (χ4v) is 2.48. The summed E-state index contributed by atoms with van der Waals surface area (Å²) in [5.41, 5.74) is 1.08. The van der Waals surface area contributed by atoms with Crippen molar-refractivity contribution in [2.45, 2.75) is 13.8 Å². The first-order valence-electron chi connectivity index (χ1n) is 6.41. The molecule has 0 saturated carbocycles. The van der Waals surface area contributed by atoms with Gasteiger partial charge in [-0.05, 0) is 25.1 Å². The molecule has 1 aromatic rings. The standard InChI is InChI=1S/C13H19ClN2O3S/c1-3-15-12-6-5-10(14)9-11(12)13(17)16-7-8-20(18,19)4-2/h5-6,9,15H,3-4,7-8H2,1-2H3,(H,16,17). The Balaban J connectivity index is 2.74. The van der Waals surface area contributed by atoms with Gasteiger partial charge in [0.05, 0.1) is 11.3 Å². The normalized spacial score (nSPS) is 11.2. The minimum Gasteiger partial charge on any atom is -0.385 e. The monoisotopic (exact) mass is 318 g/mol. The van der Waals surface area contributed by atoms with Gasteiger partial charge in [-0.3, -0.25) is 4.79 Å². The van der Waals surface area contributed by atoms with Crippen LogP contribution in [0.25, 0.3) is 0 Å². The molecular weight excluding hydrogens is 300 g/mol. The van der Waals surface area contributed by atoms with Crippen molar-refractivity contribution in [3.05, 3.63) is 28.8 Å². The minimum atomic E-state index is -3.08. The summed E-state index contributed by atoms with van der Waals surface area (Å²) in [5.74, 6) is -0.329. The predicted octanol–water partition coefficient (Wildman–Crippen LogP) is 1.94. The van der Waals surface area contributed by atoms with E-state index in [-0.39, 0.29) is 24.0 Å². The molecule has 2 N–H and O–H groups in total. The van der Waals surface area contributed by atoms with Crippen molar-refractivity contribution in [2.24, 2.45) is 0 Å². The molecule has 0 saturated heterocycles. The van der Waals surface area contributed by atoms with Crippen LogP contribution in [-0.2, 0) is 9.84 Å². The lowest BCUT2D eigenvalue weighted by Gasteiger charge is -2.11. The number of sulfone groups is 1. The highest BCUT2D eigenvalue weighted by Crippen LogP contribution is 2.20. The minimum absolute atomic E-state index is 0.0631. The maximum absolute atomic E-state index is 12.1. The maximum Gasteiger partial charge on any atom is 0.253 e. The molecule has 0 radical (unpaired) electrons. The van der Waals surface area contributed by atoms with Crippen molar-refractivity contribution in [1.29, 1.82) is 0 Å². The number of benzene rings is 1. The molecule has 0 atom stereocenters. The third-order valence-electron chi connectivity index (χ3n) is 2.73. The molecule has 112 valence electrons. The molecule has 0 spiro atoms. The van der Waals surface area contributed by atoms with E-state index in [1.54, 1.807) is 25.1 Å². The van der Waals surface area contributed by atoms with Gasteiger partial charge < -0.3 is 10.6 Å². The summed E-state index contributed by atoms with van der Waals surface area (Å²) in [7, 11) is -3.08. The van der Waals surface area contributed by atoms with Gasteiger partial charge in [0, 0.05) is 29.6 Å². The average molecular weight is 319 g/mol. The van der Waals surface area contributed by atoms with E-state index in [0.717, 1.165) is 0 Å². The first-order valence-corrected chi connectivity index (χ1v) is 8.61. The SMILES string of the molecule is CCNc1ccc(Cl)cc1C(=O)NCCS(=O)(=O)CC. The van der Waals surface area contributed by atoms with Crippen molar-refractivity contribution in [3.8, 4) is 0 Å². The van der Waals surface area contributed by atoms with Crippen molar-refractivity contribution in [3.63, 3.8) is 0 Å². The number of carbonyl (C=O) groups is 1. The molecule has 5 nitrogen and oxygen atoms in total. The van der Waals surface area contributed by atoms with Gasteiger partial charge in [-0.15, -0.1) is 0 Å². The molecule has 1 rings (SSSR count). The van der Waals surface area contributed by atoms with Crippen LogP contribution < -0.4 is 10.6 Å². The summed E-state index contributed by atoms with van der Waals surface area (Å²) >= 11 is 5.89. The molecule has 0 bridgehead atoms. The van der Waals surface area contributed by atoms with Crippen LogP contribution in [0, 0.1) is 0 Å². The van der Waals surface area contributed by atoms with E-state index in [4.69, 9.17) is 11.6 Å². The number of anilines is 1. The van der Waals surface area contributed by atoms with Gasteiger partial charge in [0.1, 0.15) is 0 Å². The number of rotatable bonds is 7. The first-order chi connectivity index (χ1) is 9.39. The van der Waals surface area contributed by atoms with Crippen LogP contribution in [0.3, 0.4) is 0 Å². The van der Waals surface area contributed by atoms with Gasteiger partial charge >= 0.3 is 0 Å². The zero-order chi connectivity index (χ0) is 15.2. The zero-order valence-corrected chi connectivity index (χ0v) is 13.1. The van der Waals surface area contributed by atoms with Gasteiger partial charge in [-0.2, -0.15) is 0 Å². The predicted molar refractivity (Wildman–Crippen MR) is 82.3 cm³/mol. The second kappa shape index (κ2) is 7.50. The summed E-state index contributed by atoms with van der Waals surface area (Å²) in [5, 5.41) is 6.12. The topological polar surface area (TPSA) is 75.3 Å². The number of amides is 1. The summed E-state index contributed by atoms with van der Waals surface area (Å²) in [6, 6.07) is 4.98. The molecular formula is C13H19ClN2O3S. The van der Waals surface area contributed by atoms with E-state index in [1.807, 2.05) is 6.92 Å². The lowest BCUT2D eigenvalue weighted by atomic mass is 10.1. The van der Waals surface area contributed by atoms with E-state index in [1.165, 1.54) is 0 Å². The van der Waals surface area contributed by atoms with E-state index >= 15 is 0 Å². The Hall–Kier alpha value is -1.27. The smallest absolute Gasteiger partial charge is 0.253 e. The Morgan fingerprint density at radius 2 is 2.00 bits per heavy atom. The van der Waals surface area contributed by atoms with Crippen LogP contribution in [0.1, 0.15) is 24.2 Å². The van der Waals surface area contributed by atoms with Crippen LogP contribution >= 0.6 is 11.6 Å². The van der Waals surface area contributed by atoms with Crippen molar-refractivity contribution >= 4 is 33.0 Å². The summed E-state index contributed by atoms with van der Waals surface area (Å²) in [6.07, 6.45) is 0. The molecule has 0 heterocycles. The van der Waals surface area contributed by atoms with E-state index in [2.05, 4.69) is 10.6 Å². The van der Waals surface area contributed by atoms with E-state index in [0.29, 0.717) is 22.8 Å². The molecule has 20 heavy (non-hydrogen) atoms. The first kappa shape index (κ1) is 16.8. The largest absolute Gasteiger partial charge is 0.385 e. The fourth-order valence-electron chi connectivity index (χ4n) is 1.61. The van der Waals surface area contributed by atoms with Crippen LogP contribution in [0.4, 0.5) is 5.69 Å². The lowest BCUT2D eigenvalue weighted by molar-refractivity contribution is 0.0957. The number of carbonyl (C=O) groups excluding carboxylic acids is 1. The summed E-state index contributed by atoms with van der Waals surface area (Å²) < 4.78 is 22.7. The third-order valence-corrected chi connectivity index (χ3v) is 4.67. The van der Waals surface area contributed by atoms with Crippen molar-refractivity contribution in [2.75, 3.05) is 29.9 Å². The van der Waals surface area contributed by atoms with Crippen LogP contribution in [0.15, 0.2) is 18.2 Å². The van der Waals surface area contributed by atoms with Crippen molar-refractivity contribution < 1.29 is 13.2 Å². The highest BCUT2D eigenvalue weighted by molar-refractivity contribution is 7.91. The Bertz CT molecular complexity index is 573. The molecule has 1 aromatic carbocycles. The van der Waals surface area contributed by atoms with Gasteiger partial charge in [0.15, 0.2) is 9.84 Å². The molecule has 7 heteroatoms. The molecule has 0 fully saturated rings. The van der Waals surface area contributed by atoms with Crippen LogP contribution in [0.5, 0.6) is 0 Å². The second-order valence-electron chi connectivity index (χ2n) is 4.21. The van der Waals surface area contributed by atoms with Gasteiger partial charge in [-0.1, -0.05) is 18.5 Å². The molecule has 0 aliphatic rings. The van der Waals surface area contributed by atoms with Crippen LogP contribution in [0.2, 0.25) is 5.02 Å². The second-order valence-corrected chi connectivity index (χ2v) is 7.12. The van der Waals surface area contributed by atoms with E-state index < -0.39 is 9.84 Å². The summed E-state index contributed by atoms with van der Waals surface area (Å²) in [4.78, 5) is 12.1. The number of hydrogen-bond donors (Lipinski definition) is 2. The number of hydrogen-bond acceptors (Lipinski definition) is 4. The number of nitrogens with one attached hydrogen (secondary N) is 2. The number of halogens is 1. The van der Waals surface area contributed by atoms with Gasteiger partial charge in [-0.25, -0.2) is 8.42 Å². The molecule has 0 aliphatic carbocycles. The average Bonchev–Trinajstić information content (AvgIpc) is 2.40. The van der Waals surface area contributed by atoms with Gasteiger partial charge in [0.2, 0.25) is 0 Å². The maximum atomic E-state index is 12.1. The Morgan fingerprint density at radius 1 is 1.30 bits per heavy atom. The molecule has 0 unspecified atom stereocenters. The Kier molecular flexibility index (Phi) is 6.29. The Labute approximate surface area is 124 Å². The fraction of sp³-hybridized carbons (Fsp3) is 0.462. The molecule has 0 aromatic heterocycles. The van der Waals surface area contributed by atoms with E-state index in [9.17, 15) is 13.2 Å². The third kappa shape index (κ3) is 5.02. The van der Waals surface area contributed by atoms with Gasteiger partial charge in [0.25, 0.3) is 5.91 Å². The lowest BCUT2D eigenvalue weighted by Crippen LogP contribution is -2.30. The van der Waals surface area contributed by atoms with Crippen LogP contribution in [-0.4, -0.2) is 38.9 Å². The van der Waals surface area contributed by atoms with Crippen molar-refractivity contribution in [1.82, 2.24) is 5.32 Å². The Morgan fingerprint density at radius 3 is 2.60 bits per heavy atom. The highest BCUT2D eigenvalue weighted by Gasteiger charge is 2.13. The molecule has 1 amide bonds. The summed E-state index contributed by atoms with van der Waals surface area (Å²) in [6.45, 7) is 4.26.